The first-order valence-electron chi connectivity index (χ1n) is 7.56. The molecular formula is C17H15FN2O4. The average molecular weight is 330 g/mol. The van der Waals surface area contributed by atoms with Crippen LogP contribution in [0.2, 0.25) is 0 Å². The molecule has 0 atom stereocenters. The van der Waals surface area contributed by atoms with Crippen LogP contribution in [0.5, 0.6) is 11.5 Å². The van der Waals surface area contributed by atoms with Gasteiger partial charge in [-0.15, -0.1) is 0 Å². The van der Waals surface area contributed by atoms with Crippen LogP contribution < -0.4 is 19.9 Å². The number of carbonyl (C=O) groups excluding carboxylic acids is 1. The molecule has 124 valence electrons. The maximum atomic E-state index is 14.3. The Balaban J connectivity index is 1.59. The minimum atomic E-state index is -0.736. The normalized spacial score (nSPS) is 14.7. The Hall–Kier alpha value is -2.80. The lowest BCUT2D eigenvalue weighted by atomic mass is 10.1. The molecule has 0 saturated heterocycles. The maximum absolute atomic E-state index is 14.3. The molecule has 2 aromatic rings. The predicted octanol–water partition coefficient (Wildman–Crippen LogP) is 2.24. The Bertz CT molecular complexity index is 824. The van der Waals surface area contributed by atoms with Gasteiger partial charge in [0, 0.05) is 36.0 Å². The minimum Gasteiger partial charge on any atom is -0.454 e. The van der Waals surface area contributed by atoms with E-state index in [1.165, 1.54) is 11.5 Å². The van der Waals surface area contributed by atoms with Crippen LogP contribution in [0.1, 0.15) is 21.5 Å². The van der Waals surface area contributed by atoms with E-state index in [0.717, 1.165) is 36.0 Å². The van der Waals surface area contributed by atoms with E-state index in [1.54, 1.807) is 6.07 Å². The lowest BCUT2D eigenvalue weighted by molar-refractivity contribution is 0.0706. The van der Waals surface area contributed by atoms with Gasteiger partial charge in [0.15, 0.2) is 11.5 Å². The Morgan fingerprint density at radius 1 is 1.25 bits per heavy atom. The molecule has 24 heavy (non-hydrogen) atoms. The molecule has 2 N–H and O–H groups in total. The summed E-state index contributed by atoms with van der Waals surface area (Å²) in [5, 5.41) is 8.61. The van der Waals surface area contributed by atoms with E-state index in [9.17, 15) is 9.18 Å². The Labute approximate surface area is 137 Å². The molecule has 2 aliphatic heterocycles. The number of amides is 1. The van der Waals surface area contributed by atoms with Gasteiger partial charge in [0.1, 0.15) is 5.82 Å². The van der Waals surface area contributed by atoms with E-state index in [2.05, 4.69) is 4.90 Å². The number of hydrogen-bond acceptors (Lipinski definition) is 5. The lowest BCUT2D eigenvalue weighted by Gasteiger charge is -2.20. The molecule has 0 spiro atoms. The summed E-state index contributed by atoms with van der Waals surface area (Å²) in [5.74, 6) is 0.238. The molecule has 0 unspecified atom stereocenters. The Kier molecular flexibility index (Phi) is 3.50. The molecular weight excluding hydrogens is 315 g/mol. The molecule has 0 saturated carbocycles. The SMILES string of the molecule is O=C(NO)c1ccc(CN2CCc3cc4c(cc32)OCO4)c(F)c1. The van der Waals surface area contributed by atoms with Gasteiger partial charge in [-0.2, -0.15) is 0 Å². The van der Waals surface area contributed by atoms with Crippen molar-refractivity contribution in [3.63, 3.8) is 0 Å². The van der Waals surface area contributed by atoms with Crippen molar-refractivity contribution < 1.29 is 23.9 Å². The van der Waals surface area contributed by atoms with Crippen LogP contribution in [0.25, 0.3) is 0 Å². The number of fused-ring (bicyclic) bond motifs is 2. The average Bonchev–Trinajstić information content (AvgIpc) is 3.20. The lowest BCUT2D eigenvalue weighted by Crippen LogP contribution is -2.21. The molecule has 0 aliphatic carbocycles. The highest BCUT2D eigenvalue weighted by Gasteiger charge is 2.25. The number of ether oxygens (including phenoxy) is 2. The molecule has 2 heterocycles. The Morgan fingerprint density at radius 2 is 2.04 bits per heavy atom. The van der Waals surface area contributed by atoms with Crippen molar-refractivity contribution in [2.45, 2.75) is 13.0 Å². The van der Waals surface area contributed by atoms with E-state index < -0.39 is 11.7 Å². The van der Waals surface area contributed by atoms with Gasteiger partial charge in [-0.25, -0.2) is 9.87 Å². The summed E-state index contributed by atoms with van der Waals surface area (Å²) in [6.07, 6.45) is 0.860. The fourth-order valence-corrected chi connectivity index (χ4v) is 3.09. The zero-order valence-electron chi connectivity index (χ0n) is 12.7. The van der Waals surface area contributed by atoms with Gasteiger partial charge >= 0.3 is 0 Å². The van der Waals surface area contributed by atoms with Gasteiger partial charge in [0.25, 0.3) is 5.91 Å². The molecule has 4 rings (SSSR count). The van der Waals surface area contributed by atoms with Crippen molar-refractivity contribution in [2.24, 2.45) is 0 Å². The molecule has 0 radical (unpaired) electrons. The summed E-state index contributed by atoms with van der Waals surface area (Å²) >= 11 is 0. The summed E-state index contributed by atoms with van der Waals surface area (Å²) in [6.45, 7) is 1.39. The summed E-state index contributed by atoms with van der Waals surface area (Å²) in [4.78, 5) is 13.4. The van der Waals surface area contributed by atoms with Crippen molar-refractivity contribution >= 4 is 11.6 Å². The van der Waals surface area contributed by atoms with Gasteiger partial charge in [0.2, 0.25) is 6.79 Å². The van der Waals surface area contributed by atoms with Crippen LogP contribution in [-0.4, -0.2) is 24.5 Å². The molecule has 7 heteroatoms. The number of hydrogen-bond donors (Lipinski definition) is 2. The van der Waals surface area contributed by atoms with E-state index in [4.69, 9.17) is 14.7 Å². The van der Waals surface area contributed by atoms with Crippen molar-refractivity contribution in [3.8, 4) is 11.5 Å². The van der Waals surface area contributed by atoms with E-state index in [0.29, 0.717) is 17.9 Å². The van der Waals surface area contributed by atoms with Gasteiger partial charge in [0.05, 0.1) is 0 Å². The highest BCUT2D eigenvalue weighted by atomic mass is 19.1. The number of nitrogens with one attached hydrogen (secondary N) is 1. The number of hydroxylamine groups is 1. The number of carbonyl (C=O) groups is 1. The first-order chi connectivity index (χ1) is 11.7. The van der Waals surface area contributed by atoms with Crippen LogP contribution in [0.15, 0.2) is 30.3 Å². The number of rotatable bonds is 3. The summed E-state index contributed by atoms with van der Waals surface area (Å²) in [6, 6.07) is 8.07. The Morgan fingerprint density at radius 3 is 2.79 bits per heavy atom. The zero-order chi connectivity index (χ0) is 16.7. The van der Waals surface area contributed by atoms with E-state index >= 15 is 0 Å². The van der Waals surface area contributed by atoms with Crippen LogP contribution in [0, 0.1) is 5.82 Å². The van der Waals surface area contributed by atoms with Gasteiger partial charge in [-0.05, 0) is 30.2 Å². The molecule has 2 aliphatic rings. The van der Waals surface area contributed by atoms with E-state index in [1.807, 2.05) is 12.1 Å². The molecule has 0 aromatic heterocycles. The second-order valence-corrected chi connectivity index (χ2v) is 5.75. The summed E-state index contributed by atoms with van der Waals surface area (Å²) < 4.78 is 25.1. The van der Waals surface area contributed by atoms with Crippen LogP contribution in [0.3, 0.4) is 0 Å². The molecule has 6 nitrogen and oxygen atoms in total. The van der Waals surface area contributed by atoms with Gasteiger partial charge < -0.3 is 14.4 Å². The van der Waals surface area contributed by atoms with Crippen molar-refractivity contribution in [1.29, 1.82) is 0 Å². The second kappa shape index (κ2) is 5.68. The summed E-state index contributed by atoms with van der Waals surface area (Å²) in [5.41, 5.74) is 4.21. The van der Waals surface area contributed by atoms with Crippen LogP contribution >= 0.6 is 0 Å². The molecule has 1 amide bonds. The van der Waals surface area contributed by atoms with Gasteiger partial charge in [-0.3, -0.25) is 10.0 Å². The first kappa shape index (κ1) is 14.8. The topological polar surface area (TPSA) is 71.0 Å². The monoisotopic (exact) mass is 330 g/mol. The highest BCUT2D eigenvalue weighted by Crippen LogP contribution is 2.41. The molecule has 2 aromatic carbocycles. The predicted molar refractivity (Wildman–Crippen MR) is 83.0 cm³/mol. The fourth-order valence-electron chi connectivity index (χ4n) is 3.09. The smallest absolute Gasteiger partial charge is 0.274 e. The second-order valence-electron chi connectivity index (χ2n) is 5.75. The third-order valence-electron chi connectivity index (χ3n) is 4.34. The van der Waals surface area contributed by atoms with Crippen LogP contribution in [0.4, 0.5) is 10.1 Å². The maximum Gasteiger partial charge on any atom is 0.274 e. The zero-order valence-corrected chi connectivity index (χ0v) is 12.7. The quantitative estimate of drug-likeness (QED) is 0.667. The molecule has 0 bridgehead atoms. The van der Waals surface area contributed by atoms with Gasteiger partial charge in [-0.1, -0.05) is 6.07 Å². The van der Waals surface area contributed by atoms with Crippen molar-refractivity contribution in [2.75, 3.05) is 18.2 Å². The molecule has 0 fully saturated rings. The summed E-state index contributed by atoms with van der Waals surface area (Å²) in [7, 11) is 0. The number of nitrogens with zero attached hydrogens (tertiary/aromatic N) is 1. The highest BCUT2D eigenvalue weighted by molar-refractivity contribution is 5.93. The number of halogens is 1. The third kappa shape index (κ3) is 2.43. The third-order valence-corrected chi connectivity index (χ3v) is 4.34. The van der Waals surface area contributed by atoms with Crippen molar-refractivity contribution in [1.82, 2.24) is 5.48 Å². The fraction of sp³-hybridized carbons (Fsp3) is 0.235. The largest absolute Gasteiger partial charge is 0.454 e. The standard InChI is InChI=1S/C17H15FN2O4/c18-13-5-11(17(21)19-22)1-2-12(13)8-20-4-3-10-6-15-16(7-14(10)20)24-9-23-15/h1-2,5-7,22H,3-4,8-9H2,(H,19,21). The van der Waals surface area contributed by atoms with Crippen molar-refractivity contribution in [3.05, 3.63) is 52.8 Å². The first-order valence-corrected chi connectivity index (χ1v) is 7.56. The van der Waals surface area contributed by atoms with E-state index in [-0.39, 0.29) is 12.4 Å². The number of benzene rings is 2. The van der Waals surface area contributed by atoms with Crippen LogP contribution in [-0.2, 0) is 13.0 Å². The number of anilines is 1. The minimum absolute atomic E-state index is 0.0731.